The molecule has 8 nitrogen and oxygen atoms in total. The lowest BCUT2D eigenvalue weighted by Gasteiger charge is -2.29. The summed E-state index contributed by atoms with van der Waals surface area (Å²) < 4.78 is 0. The number of nitrogens with zero attached hydrogens (tertiary/aromatic N) is 4. The Bertz CT molecular complexity index is 945. The molecule has 1 fully saturated rings. The molecule has 25 heavy (non-hydrogen) atoms. The van der Waals surface area contributed by atoms with Gasteiger partial charge in [-0.3, -0.25) is 4.79 Å². The van der Waals surface area contributed by atoms with E-state index < -0.39 is 0 Å². The first-order valence-corrected chi connectivity index (χ1v) is 8.24. The molecule has 3 N–H and O–H groups in total. The van der Waals surface area contributed by atoms with E-state index in [0.717, 1.165) is 42.8 Å². The van der Waals surface area contributed by atoms with Gasteiger partial charge >= 0.3 is 0 Å². The highest BCUT2D eigenvalue weighted by atomic mass is 16.1. The summed E-state index contributed by atoms with van der Waals surface area (Å²) in [5, 5.41) is 7.24. The highest BCUT2D eigenvalue weighted by Gasteiger charge is 2.11. The van der Waals surface area contributed by atoms with Gasteiger partial charge in [0.05, 0.1) is 11.9 Å². The summed E-state index contributed by atoms with van der Waals surface area (Å²) in [6.07, 6.45) is 3.55. The molecule has 1 aliphatic heterocycles. The molecule has 4 rings (SSSR count). The van der Waals surface area contributed by atoms with Crippen molar-refractivity contribution in [1.29, 1.82) is 0 Å². The van der Waals surface area contributed by atoms with Gasteiger partial charge in [-0.25, -0.2) is 9.97 Å². The summed E-state index contributed by atoms with van der Waals surface area (Å²) in [5.74, 6) is 1.06. The van der Waals surface area contributed by atoms with Crippen LogP contribution in [0.2, 0.25) is 0 Å². The van der Waals surface area contributed by atoms with Crippen molar-refractivity contribution in [3.63, 3.8) is 0 Å². The Balaban J connectivity index is 1.55. The van der Waals surface area contributed by atoms with E-state index in [1.54, 1.807) is 6.20 Å². The molecule has 0 saturated carbocycles. The topological polar surface area (TPSA) is 98.8 Å². The van der Waals surface area contributed by atoms with Crippen LogP contribution in [-0.2, 0) is 0 Å². The lowest BCUT2D eigenvalue weighted by molar-refractivity contribution is 0.589. The second-order valence-electron chi connectivity index (χ2n) is 6.04. The zero-order valence-electron chi connectivity index (χ0n) is 13.9. The summed E-state index contributed by atoms with van der Waals surface area (Å²) in [4.78, 5) is 29.7. The number of aromatic nitrogens is 4. The van der Waals surface area contributed by atoms with Gasteiger partial charge in [-0.2, -0.15) is 4.98 Å². The number of fused-ring (bicyclic) bond motifs is 1. The number of rotatable bonds is 3. The van der Waals surface area contributed by atoms with Gasteiger partial charge in [0.25, 0.3) is 0 Å². The van der Waals surface area contributed by atoms with Crippen molar-refractivity contribution < 1.29 is 0 Å². The molecule has 3 aromatic rings. The van der Waals surface area contributed by atoms with Gasteiger partial charge < -0.3 is 20.5 Å². The molecule has 3 aromatic heterocycles. The van der Waals surface area contributed by atoms with Crippen LogP contribution in [-0.4, -0.2) is 46.1 Å². The van der Waals surface area contributed by atoms with E-state index in [0.29, 0.717) is 17.4 Å². The monoisotopic (exact) mass is 337 g/mol. The molecule has 0 radical (unpaired) electrons. The smallest absolute Gasteiger partial charge is 0.249 e. The molecule has 0 aliphatic carbocycles. The number of pyridine rings is 2. The molecule has 1 saturated heterocycles. The van der Waals surface area contributed by atoms with Crippen LogP contribution < -0.4 is 21.1 Å². The van der Waals surface area contributed by atoms with Gasteiger partial charge in [0.15, 0.2) is 0 Å². The molecule has 0 atom stereocenters. The van der Waals surface area contributed by atoms with Gasteiger partial charge in [0.1, 0.15) is 11.5 Å². The van der Waals surface area contributed by atoms with Crippen molar-refractivity contribution in [2.45, 2.75) is 6.92 Å². The summed E-state index contributed by atoms with van der Waals surface area (Å²) in [5.41, 5.74) is 2.29. The van der Waals surface area contributed by atoms with E-state index in [4.69, 9.17) is 0 Å². The average molecular weight is 337 g/mol. The zero-order chi connectivity index (χ0) is 17.2. The van der Waals surface area contributed by atoms with E-state index >= 15 is 0 Å². The van der Waals surface area contributed by atoms with E-state index in [2.05, 4.69) is 35.5 Å². The Morgan fingerprint density at radius 1 is 1.16 bits per heavy atom. The van der Waals surface area contributed by atoms with Crippen LogP contribution in [0.25, 0.3) is 11.0 Å². The van der Waals surface area contributed by atoms with Gasteiger partial charge in [0.2, 0.25) is 11.5 Å². The highest BCUT2D eigenvalue weighted by molar-refractivity contribution is 5.78. The van der Waals surface area contributed by atoms with Crippen LogP contribution in [0.1, 0.15) is 5.56 Å². The Labute approximate surface area is 144 Å². The van der Waals surface area contributed by atoms with Crippen LogP contribution in [0.4, 0.5) is 17.5 Å². The first-order valence-electron chi connectivity index (χ1n) is 8.24. The van der Waals surface area contributed by atoms with Crippen LogP contribution >= 0.6 is 0 Å². The maximum Gasteiger partial charge on any atom is 0.249 e. The second-order valence-corrected chi connectivity index (χ2v) is 6.04. The lowest BCUT2D eigenvalue weighted by atomic mass is 10.2. The van der Waals surface area contributed by atoms with Crippen molar-refractivity contribution in [3.8, 4) is 0 Å². The maximum absolute atomic E-state index is 11.6. The molecular formula is C17H19N7O. The Morgan fingerprint density at radius 2 is 2.00 bits per heavy atom. The molecule has 0 spiro atoms. The Kier molecular flexibility index (Phi) is 4.02. The van der Waals surface area contributed by atoms with Gasteiger partial charge in [-0.15, -0.1) is 0 Å². The Morgan fingerprint density at radius 3 is 2.76 bits per heavy atom. The summed E-state index contributed by atoms with van der Waals surface area (Å²) >= 11 is 0. The fourth-order valence-corrected chi connectivity index (χ4v) is 2.94. The van der Waals surface area contributed by atoms with Crippen molar-refractivity contribution in [2.24, 2.45) is 0 Å². The van der Waals surface area contributed by atoms with Gasteiger partial charge in [0, 0.05) is 43.8 Å². The summed E-state index contributed by atoms with van der Waals surface area (Å²) in [6.45, 7) is 5.81. The number of nitrogens with one attached hydrogen (secondary N) is 3. The van der Waals surface area contributed by atoms with Crippen LogP contribution in [0.5, 0.6) is 0 Å². The molecule has 4 heterocycles. The number of anilines is 3. The first kappa shape index (κ1) is 15.5. The van der Waals surface area contributed by atoms with Crippen LogP contribution in [0.15, 0.2) is 35.4 Å². The average Bonchev–Trinajstić information content (AvgIpc) is 2.63. The van der Waals surface area contributed by atoms with Crippen molar-refractivity contribution in [2.75, 3.05) is 36.4 Å². The third-order valence-electron chi connectivity index (χ3n) is 4.27. The minimum atomic E-state index is -0.173. The largest absolute Gasteiger partial charge is 0.368 e. The fraction of sp³-hybridized carbons (Fsp3) is 0.294. The highest BCUT2D eigenvalue weighted by Crippen LogP contribution is 2.18. The van der Waals surface area contributed by atoms with E-state index in [-0.39, 0.29) is 5.56 Å². The second kappa shape index (κ2) is 6.48. The molecule has 1 aliphatic rings. The van der Waals surface area contributed by atoms with Crippen LogP contribution in [0, 0.1) is 6.92 Å². The number of piperazine rings is 1. The SMILES string of the molecule is Cc1cc(=O)[nH]c2nc(Nc3ccc(N4CCNCC4)cn3)ncc12. The molecule has 0 amide bonds. The number of hydrogen-bond acceptors (Lipinski definition) is 7. The first-order chi connectivity index (χ1) is 12.2. The standard InChI is InChI=1S/C17H19N7O/c1-11-8-15(25)22-16-13(11)10-20-17(23-16)21-14-3-2-12(9-19-14)24-6-4-18-5-7-24/h2-3,8-10,18H,4-7H2,1H3,(H2,19,20,21,22,23,25). The number of H-pyrrole nitrogens is 1. The predicted octanol–water partition coefficient (Wildman–Crippen LogP) is 1.17. The quantitative estimate of drug-likeness (QED) is 0.660. The van der Waals surface area contributed by atoms with E-state index in [9.17, 15) is 4.79 Å². The van der Waals surface area contributed by atoms with Gasteiger partial charge in [-0.05, 0) is 24.6 Å². The van der Waals surface area contributed by atoms with Crippen molar-refractivity contribution >= 4 is 28.5 Å². The summed E-state index contributed by atoms with van der Waals surface area (Å²) in [7, 11) is 0. The zero-order valence-corrected chi connectivity index (χ0v) is 13.9. The third-order valence-corrected chi connectivity index (χ3v) is 4.27. The number of aromatic amines is 1. The summed E-state index contributed by atoms with van der Waals surface area (Å²) in [6, 6.07) is 5.48. The maximum atomic E-state index is 11.6. The molecule has 0 unspecified atom stereocenters. The molecular weight excluding hydrogens is 318 g/mol. The molecule has 128 valence electrons. The number of aryl methyl sites for hydroxylation is 1. The molecule has 0 bridgehead atoms. The normalized spacial score (nSPS) is 14.7. The minimum absolute atomic E-state index is 0.173. The predicted molar refractivity (Wildman–Crippen MR) is 97.5 cm³/mol. The van der Waals surface area contributed by atoms with E-state index in [1.807, 2.05) is 25.3 Å². The Hall–Kier alpha value is -3.00. The van der Waals surface area contributed by atoms with Gasteiger partial charge in [-0.1, -0.05) is 0 Å². The minimum Gasteiger partial charge on any atom is -0.368 e. The van der Waals surface area contributed by atoms with E-state index in [1.165, 1.54) is 6.07 Å². The fourth-order valence-electron chi connectivity index (χ4n) is 2.94. The molecule has 8 heteroatoms. The van der Waals surface area contributed by atoms with Crippen LogP contribution in [0.3, 0.4) is 0 Å². The van der Waals surface area contributed by atoms with Crippen molar-refractivity contribution in [3.05, 3.63) is 46.5 Å². The number of hydrogen-bond donors (Lipinski definition) is 3. The lowest BCUT2D eigenvalue weighted by Crippen LogP contribution is -2.43. The molecule has 0 aromatic carbocycles. The van der Waals surface area contributed by atoms with Crippen molar-refractivity contribution in [1.82, 2.24) is 25.3 Å². The third kappa shape index (κ3) is 3.29.